The molecule has 2 aromatic carbocycles. The lowest BCUT2D eigenvalue weighted by Crippen LogP contribution is -2.50. The average molecular weight is 707 g/mol. The zero-order valence-corrected chi connectivity index (χ0v) is 28.9. The van der Waals surface area contributed by atoms with Gasteiger partial charge in [-0.2, -0.15) is 13.2 Å². The Bertz CT molecular complexity index is 1860. The van der Waals surface area contributed by atoms with E-state index in [9.17, 15) is 22.8 Å². The number of carbonyl (C=O) groups is 2. The Morgan fingerprint density at radius 2 is 1.75 bits per heavy atom. The third kappa shape index (κ3) is 7.61. The lowest BCUT2D eigenvalue weighted by atomic mass is 9.96. The number of likely N-dealkylation sites (N-methyl/N-ethyl adjacent to an activating group) is 1. The molecule has 0 spiro atoms. The molecule has 2 aliphatic rings. The van der Waals surface area contributed by atoms with Gasteiger partial charge >= 0.3 is 6.18 Å². The van der Waals surface area contributed by atoms with Crippen molar-refractivity contribution in [1.82, 2.24) is 30.5 Å². The van der Waals surface area contributed by atoms with Crippen LogP contribution in [0.1, 0.15) is 61.4 Å². The number of carbonyl (C=O) groups excluding carboxylic acids is 2. The first-order chi connectivity index (χ1) is 24.3. The van der Waals surface area contributed by atoms with Gasteiger partial charge in [0.2, 0.25) is 5.91 Å². The normalized spacial score (nSPS) is 18.7. The number of nitrogens with zero attached hydrogens (tertiary/aromatic N) is 4. The number of alkyl halides is 3. The van der Waals surface area contributed by atoms with Crippen molar-refractivity contribution in [3.05, 3.63) is 83.7 Å². The van der Waals surface area contributed by atoms with E-state index in [0.29, 0.717) is 35.5 Å². The highest BCUT2D eigenvalue weighted by molar-refractivity contribution is 6.04. The lowest BCUT2D eigenvalue weighted by molar-refractivity contribution is -0.137. The molecule has 0 aliphatic carbocycles. The molecule has 2 amide bonds. The van der Waals surface area contributed by atoms with Gasteiger partial charge in [0.25, 0.3) is 5.91 Å². The number of aromatic nitrogens is 3. The molecule has 3 unspecified atom stereocenters. The zero-order valence-electron chi connectivity index (χ0n) is 28.9. The number of aromatic amines is 1. The van der Waals surface area contributed by atoms with E-state index in [4.69, 9.17) is 0 Å². The van der Waals surface area contributed by atoms with E-state index in [2.05, 4.69) is 35.8 Å². The fourth-order valence-electron chi connectivity index (χ4n) is 6.93. The van der Waals surface area contributed by atoms with Gasteiger partial charge in [-0.3, -0.25) is 9.59 Å². The second kappa shape index (κ2) is 14.8. The van der Waals surface area contributed by atoms with Crippen molar-refractivity contribution in [3.8, 4) is 22.4 Å². The third-order valence-corrected chi connectivity index (χ3v) is 9.66. The second-order valence-corrected chi connectivity index (χ2v) is 13.4. The predicted molar refractivity (Wildman–Crippen MR) is 188 cm³/mol. The van der Waals surface area contributed by atoms with Gasteiger partial charge in [-0.15, -0.1) is 0 Å². The van der Waals surface area contributed by atoms with E-state index in [0.717, 1.165) is 38.5 Å². The first-order valence-electron chi connectivity index (χ1n) is 17.1. The quantitative estimate of drug-likeness (QED) is 0.152. The summed E-state index contributed by atoms with van der Waals surface area (Å²) in [5.74, 6) is -0.353. The van der Waals surface area contributed by atoms with E-state index in [-0.39, 0.29) is 46.6 Å². The van der Waals surface area contributed by atoms with Crippen LogP contribution < -0.4 is 20.9 Å². The van der Waals surface area contributed by atoms with Gasteiger partial charge < -0.3 is 30.7 Å². The number of pyridine rings is 1. The molecule has 2 saturated heterocycles. The Kier molecular flexibility index (Phi) is 10.4. The van der Waals surface area contributed by atoms with Crippen LogP contribution in [0, 0.1) is 11.7 Å². The minimum absolute atomic E-state index is 0.0160. The second-order valence-electron chi connectivity index (χ2n) is 13.4. The van der Waals surface area contributed by atoms with Crippen molar-refractivity contribution in [2.45, 2.75) is 57.9 Å². The van der Waals surface area contributed by atoms with Crippen LogP contribution in [0.4, 0.5) is 29.1 Å². The van der Waals surface area contributed by atoms with E-state index in [1.165, 1.54) is 24.4 Å². The maximum Gasteiger partial charge on any atom is 0.417 e. The topological polar surface area (TPSA) is 118 Å². The molecule has 270 valence electrons. The number of halogens is 4. The summed E-state index contributed by atoms with van der Waals surface area (Å²) in [5, 5.41) is 8.69. The lowest BCUT2D eigenvalue weighted by Gasteiger charge is -2.34. The van der Waals surface area contributed by atoms with Gasteiger partial charge in [-0.25, -0.2) is 14.4 Å². The molecule has 0 bridgehead atoms. The maximum atomic E-state index is 15.4. The van der Waals surface area contributed by atoms with E-state index in [1.807, 2.05) is 25.7 Å². The molecule has 3 atom stereocenters. The summed E-state index contributed by atoms with van der Waals surface area (Å²) < 4.78 is 58.5. The summed E-state index contributed by atoms with van der Waals surface area (Å²) >= 11 is 0. The first kappa shape index (κ1) is 36.0. The summed E-state index contributed by atoms with van der Waals surface area (Å²) in [5.41, 5.74) is -0.529. The molecular weight excluding hydrogens is 664 g/mol. The van der Waals surface area contributed by atoms with E-state index in [1.54, 1.807) is 31.4 Å². The average Bonchev–Trinajstić information content (AvgIpc) is 3.80. The van der Waals surface area contributed by atoms with Gasteiger partial charge in [0.1, 0.15) is 17.5 Å². The fourth-order valence-corrected chi connectivity index (χ4v) is 6.93. The molecule has 2 aliphatic heterocycles. The largest absolute Gasteiger partial charge is 0.417 e. The van der Waals surface area contributed by atoms with Gasteiger partial charge in [0.15, 0.2) is 0 Å². The number of likely N-dealkylation sites (tertiary alicyclic amines) is 1. The number of nitrogens with one attached hydrogen (secondary N) is 4. The summed E-state index contributed by atoms with van der Waals surface area (Å²) in [6.07, 6.45) is -0.272. The van der Waals surface area contributed by atoms with Crippen molar-refractivity contribution in [2.75, 3.05) is 43.4 Å². The molecule has 2 fully saturated rings. The number of amides is 2. The zero-order chi connectivity index (χ0) is 36.4. The molecule has 6 rings (SSSR count). The maximum absolute atomic E-state index is 15.4. The molecular formula is C37H42F4N8O2. The van der Waals surface area contributed by atoms with Crippen LogP contribution >= 0.6 is 0 Å². The number of rotatable bonds is 9. The SMILES string of the molecule is CNC(C(=O)N1CCCC1c1ncc(-c2ccc(-c3cc(F)c(NC(=O)c4ccc(N5CCNCC5C)nc4)cc3C(F)(F)F)cc2)[nH]1)C(C)C. The summed E-state index contributed by atoms with van der Waals surface area (Å²) in [4.78, 5) is 42.4. The Hall–Kier alpha value is -4.82. The van der Waals surface area contributed by atoms with Gasteiger partial charge in [0, 0.05) is 38.4 Å². The third-order valence-electron chi connectivity index (χ3n) is 9.66. The highest BCUT2D eigenvalue weighted by Gasteiger charge is 2.37. The molecule has 10 nitrogen and oxygen atoms in total. The predicted octanol–water partition coefficient (Wildman–Crippen LogP) is 6.25. The van der Waals surface area contributed by atoms with Crippen molar-refractivity contribution < 1.29 is 27.2 Å². The van der Waals surface area contributed by atoms with Crippen LogP contribution in [-0.2, 0) is 11.0 Å². The smallest absolute Gasteiger partial charge is 0.351 e. The Morgan fingerprint density at radius 3 is 2.39 bits per heavy atom. The Balaban J connectivity index is 1.19. The first-order valence-corrected chi connectivity index (χ1v) is 17.1. The molecule has 4 N–H and O–H groups in total. The number of imidazole rings is 1. The molecule has 51 heavy (non-hydrogen) atoms. The number of H-pyrrole nitrogens is 1. The molecule has 4 heterocycles. The van der Waals surface area contributed by atoms with Crippen molar-refractivity contribution >= 4 is 23.3 Å². The number of anilines is 2. The standard InChI is InChI=1S/C37H42F4N8O2/c1-21(2)33(42-4)36(51)49-14-5-6-31(49)34-45-20-30(46-34)24-9-7-23(8-10-24)26-16-28(38)29(17-27(26)37(39,40)41)47-35(50)25-11-12-32(44-19-25)48-15-13-43-18-22(48)3/h7-12,16-17,19-22,31,33,42-43H,5-6,13-15,18H2,1-4H3,(H,45,46)(H,47,50). The van der Waals surface area contributed by atoms with Gasteiger partial charge in [-0.05, 0) is 73.7 Å². The minimum atomic E-state index is -4.84. The molecule has 0 radical (unpaired) electrons. The van der Waals surface area contributed by atoms with Crippen LogP contribution in [0.5, 0.6) is 0 Å². The van der Waals surface area contributed by atoms with Crippen LogP contribution in [0.2, 0.25) is 0 Å². The Labute approximate surface area is 294 Å². The van der Waals surface area contributed by atoms with Crippen molar-refractivity contribution in [1.29, 1.82) is 0 Å². The Morgan fingerprint density at radius 1 is 1.00 bits per heavy atom. The minimum Gasteiger partial charge on any atom is -0.351 e. The fraction of sp³-hybridized carbons (Fsp3) is 0.405. The molecule has 4 aromatic rings. The summed E-state index contributed by atoms with van der Waals surface area (Å²) in [7, 11) is 1.77. The summed E-state index contributed by atoms with van der Waals surface area (Å²) in [6, 6.07) is 10.5. The van der Waals surface area contributed by atoms with Crippen LogP contribution in [0.25, 0.3) is 22.4 Å². The van der Waals surface area contributed by atoms with Crippen LogP contribution in [-0.4, -0.2) is 77.0 Å². The van der Waals surface area contributed by atoms with Gasteiger partial charge in [-0.1, -0.05) is 38.1 Å². The van der Waals surface area contributed by atoms with Crippen LogP contribution in [0.15, 0.2) is 60.9 Å². The highest BCUT2D eigenvalue weighted by Crippen LogP contribution is 2.40. The van der Waals surface area contributed by atoms with Crippen LogP contribution in [0.3, 0.4) is 0 Å². The van der Waals surface area contributed by atoms with Gasteiger partial charge in [0.05, 0.1) is 40.8 Å². The van der Waals surface area contributed by atoms with Crippen molar-refractivity contribution in [3.63, 3.8) is 0 Å². The highest BCUT2D eigenvalue weighted by atomic mass is 19.4. The molecule has 14 heteroatoms. The number of benzene rings is 2. The van der Waals surface area contributed by atoms with E-state index < -0.39 is 29.2 Å². The molecule has 2 aromatic heterocycles. The number of hydrogen-bond acceptors (Lipinski definition) is 7. The number of hydrogen-bond donors (Lipinski definition) is 4. The number of piperazine rings is 1. The van der Waals surface area contributed by atoms with E-state index >= 15 is 4.39 Å². The van der Waals surface area contributed by atoms with Crippen molar-refractivity contribution in [2.24, 2.45) is 5.92 Å². The monoisotopic (exact) mass is 706 g/mol. The summed E-state index contributed by atoms with van der Waals surface area (Å²) in [6.45, 7) is 8.97. The molecule has 0 saturated carbocycles.